The Morgan fingerprint density at radius 3 is 2.62 bits per heavy atom. The predicted molar refractivity (Wildman–Crippen MR) is 135 cm³/mol. The van der Waals surface area contributed by atoms with Crippen LogP contribution in [-0.4, -0.2) is 27.1 Å². The Balaban J connectivity index is 1.58. The molecule has 1 atom stereocenters. The molecule has 7 heteroatoms. The highest BCUT2D eigenvalue weighted by Crippen LogP contribution is 2.36. The van der Waals surface area contributed by atoms with E-state index in [0.29, 0.717) is 12.2 Å². The Morgan fingerprint density at radius 2 is 1.88 bits per heavy atom. The van der Waals surface area contributed by atoms with Crippen LogP contribution in [0.2, 0.25) is 0 Å². The number of anilines is 1. The third-order valence-electron chi connectivity index (χ3n) is 6.32. The molecular formula is C27H26N4O2S. The van der Waals surface area contributed by atoms with E-state index >= 15 is 0 Å². The number of benzene rings is 2. The fourth-order valence-electron chi connectivity index (χ4n) is 4.43. The molecule has 1 aliphatic rings. The zero-order valence-electron chi connectivity index (χ0n) is 19.4. The van der Waals surface area contributed by atoms with Crippen molar-refractivity contribution in [2.45, 2.75) is 39.4 Å². The summed E-state index contributed by atoms with van der Waals surface area (Å²) in [5, 5.41) is 9.75. The van der Waals surface area contributed by atoms with Gasteiger partial charge in [-0.1, -0.05) is 48.5 Å². The quantitative estimate of drug-likeness (QED) is 0.448. The Morgan fingerprint density at radius 1 is 1.09 bits per heavy atom. The third kappa shape index (κ3) is 3.82. The summed E-state index contributed by atoms with van der Waals surface area (Å²) in [4.78, 5) is 30.3. The van der Waals surface area contributed by atoms with Gasteiger partial charge in [-0.05, 0) is 61.0 Å². The molecule has 2 aromatic heterocycles. The fourth-order valence-corrected chi connectivity index (χ4v) is 5.11. The molecule has 0 aliphatic carbocycles. The van der Waals surface area contributed by atoms with E-state index in [9.17, 15) is 9.59 Å². The number of hydrogen-bond acceptors (Lipinski definition) is 4. The number of aryl methyl sites for hydroxylation is 2. The van der Waals surface area contributed by atoms with Crippen molar-refractivity contribution in [2.75, 3.05) is 4.90 Å². The summed E-state index contributed by atoms with van der Waals surface area (Å²) in [5.74, 6) is -0.447. The highest BCUT2D eigenvalue weighted by molar-refractivity contribution is 7.13. The summed E-state index contributed by atoms with van der Waals surface area (Å²) in [5.41, 5.74) is 3.78. The smallest absolute Gasteiger partial charge is 0.277 e. The molecule has 2 amide bonds. The van der Waals surface area contributed by atoms with E-state index in [-0.39, 0.29) is 18.4 Å². The highest BCUT2D eigenvalue weighted by Gasteiger charge is 2.49. The van der Waals surface area contributed by atoms with Crippen LogP contribution in [0.25, 0.3) is 10.6 Å². The molecule has 0 unspecified atom stereocenters. The summed E-state index contributed by atoms with van der Waals surface area (Å²) in [6.07, 6.45) is 0. The number of hydrogen-bond donors (Lipinski definition) is 1. The van der Waals surface area contributed by atoms with E-state index in [1.165, 1.54) is 0 Å². The molecule has 4 aromatic rings. The standard InChI is InChI=1S/C27H26N4O2S/c1-18-11-12-19(2)22(14-18)31-25(32)23-15-21(24-10-7-13-34-24)29-30(23)17-27(31,3)26(33)28-16-20-8-5-4-6-9-20/h4-15H,16-17H2,1-3H3,(H,28,33)/t27-/m0/s1. The van der Waals surface area contributed by atoms with Crippen LogP contribution in [0.1, 0.15) is 34.1 Å². The van der Waals surface area contributed by atoms with Crippen molar-refractivity contribution in [3.63, 3.8) is 0 Å². The fraction of sp³-hybridized carbons (Fsp3) is 0.222. The maximum Gasteiger partial charge on any atom is 0.277 e. The molecular weight excluding hydrogens is 444 g/mol. The van der Waals surface area contributed by atoms with Gasteiger partial charge >= 0.3 is 0 Å². The number of nitrogens with zero attached hydrogens (tertiary/aromatic N) is 3. The van der Waals surface area contributed by atoms with Gasteiger partial charge in [0, 0.05) is 12.2 Å². The van der Waals surface area contributed by atoms with Crippen molar-refractivity contribution in [1.29, 1.82) is 0 Å². The maximum absolute atomic E-state index is 13.9. The van der Waals surface area contributed by atoms with Crippen LogP contribution in [-0.2, 0) is 17.9 Å². The number of fused-ring (bicyclic) bond motifs is 1. The van der Waals surface area contributed by atoms with E-state index in [1.807, 2.05) is 92.9 Å². The Bertz CT molecular complexity index is 1360. The molecule has 2 aromatic carbocycles. The molecule has 0 radical (unpaired) electrons. The number of amides is 2. The minimum atomic E-state index is -1.16. The second-order valence-electron chi connectivity index (χ2n) is 8.92. The van der Waals surface area contributed by atoms with Gasteiger partial charge in [0.1, 0.15) is 16.9 Å². The van der Waals surface area contributed by atoms with Gasteiger partial charge in [0.25, 0.3) is 5.91 Å². The van der Waals surface area contributed by atoms with E-state index in [0.717, 1.165) is 32.9 Å². The van der Waals surface area contributed by atoms with Crippen LogP contribution in [0.4, 0.5) is 5.69 Å². The average molecular weight is 471 g/mol. The van der Waals surface area contributed by atoms with Crippen LogP contribution < -0.4 is 10.2 Å². The van der Waals surface area contributed by atoms with Crippen LogP contribution in [0.5, 0.6) is 0 Å². The minimum absolute atomic E-state index is 0.218. The second-order valence-corrected chi connectivity index (χ2v) is 9.87. The number of carbonyl (C=O) groups excluding carboxylic acids is 2. The summed E-state index contributed by atoms with van der Waals surface area (Å²) >= 11 is 1.57. The summed E-state index contributed by atoms with van der Waals surface area (Å²) in [6, 6.07) is 21.5. The minimum Gasteiger partial charge on any atom is -0.350 e. The lowest BCUT2D eigenvalue weighted by Gasteiger charge is -2.43. The van der Waals surface area contributed by atoms with Crippen molar-refractivity contribution < 1.29 is 9.59 Å². The summed E-state index contributed by atoms with van der Waals surface area (Å²) in [6.45, 7) is 6.42. The number of carbonyl (C=O) groups is 2. The monoisotopic (exact) mass is 470 g/mol. The Labute approximate surface area is 202 Å². The van der Waals surface area contributed by atoms with E-state index in [1.54, 1.807) is 20.9 Å². The molecule has 5 rings (SSSR count). The first-order valence-electron chi connectivity index (χ1n) is 11.2. The Hall–Kier alpha value is -3.71. The summed E-state index contributed by atoms with van der Waals surface area (Å²) in [7, 11) is 0. The molecule has 34 heavy (non-hydrogen) atoms. The van der Waals surface area contributed by atoms with Gasteiger partial charge in [0.2, 0.25) is 5.91 Å². The van der Waals surface area contributed by atoms with Crippen LogP contribution in [0, 0.1) is 13.8 Å². The van der Waals surface area contributed by atoms with Crippen molar-refractivity contribution in [3.05, 3.63) is 94.5 Å². The third-order valence-corrected chi connectivity index (χ3v) is 7.21. The van der Waals surface area contributed by atoms with Gasteiger partial charge in [0.05, 0.1) is 11.4 Å². The zero-order valence-corrected chi connectivity index (χ0v) is 20.2. The van der Waals surface area contributed by atoms with Gasteiger partial charge < -0.3 is 5.32 Å². The summed E-state index contributed by atoms with van der Waals surface area (Å²) < 4.78 is 1.68. The van der Waals surface area contributed by atoms with Crippen LogP contribution in [0.3, 0.4) is 0 Å². The topological polar surface area (TPSA) is 67.2 Å². The first kappa shape index (κ1) is 22.1. The van der Waals surface area contributed by atoms with Crippen molar-refractivity contribution in [1.82, 2.24) is 15.1 Å². The molecule has 1 aliphatic heterocycles. The molecule has 0 spiro atoms. The van der Waals surface area contributed by atoms with Gasteiger partial charge in [-0.3, -0.25) is 19.2 Å². The van der Waals surface area contributed by atoms with Gasteiger partial charge in [-0.2, -0.15) is 5.10 Å². The highest BCUT2D eigenvalue weighted by atomic mass is 32.1. The van der Waals surface area contributed by atoms with Gasteiger partial charge in [0.15, 0.2) is 0 Å². The van der Waals surface area contributed by atoms with E-state index < -0.39 is 5.54 Å². The molecule has 172 valence electrons. The average Bonchev–Trinajstić information content (AvgIpc) is 3.50. The van der Waals surface area contributed by atoms with E-state index in [4.69, 9.17) is 5.10 Å². The lowest BCUT2D eigenvalue weighted by molar-refractivity contribution is -0.126. The normalized spacial score (nSPS) is 17.5. The number of aromatic nitrogens is 2. The van der Waals surface area contributed by atoms with Crippen molar-refractivity contribution >= 4 is 28.8 Å². The maximum atomic E-state index is 13.9. The predicted octanol–water partition coefficient (Wildman–Crippen LogP) is 4.96. The molecule has 0 bridgehead atoms. The lowest BCUT2D eigenvalue weighted by Crippen LogP contribution is -2.64. The number of thiophene rings is 1. The second kappa shape index (κ2) is 8.57. The van der Waals surface area contributed by atoms with Crippen molar-refractivity contribution in [2.24, 2.45) is 0 Å². The molecule has 0 saturated heterocycles. The number of nitrogens with one attached hydrogen (secondary N) is 1. The SMILES string of the molecule is Cc1ccc(C)c(N2C(=O)c3cc(-c4cccs4)nn3C[C@@]2(C)C(=O)NCc2ccccc2)c1. The van der Waals surface area contributed by atoms with Gasteiger partial charge in [-0.15, -0.1) is 11.3 Å². The lowest BCUT2D eigenvalue weighted by atomic mass is 9.92. The largest absolute Gasteiger partial charge is 0.350 e. The Kier molecular flexibility index (Phi) is 5.57. The molecule has 0 saturated carbocycles. The van der Waals surface area contributed by atoms with Crippen LogP contribution in [0.15, 0.2) is 72.1 Å². The molecule has 6 nitrogen and oxygen atoms in total. The molecule has 0 fully saturated rings. The first-order valence-corrected chi connectivity index (χ1v) is 12.1. The molecule has 3 heterocycles. The molecule has 1 N–H and O–H groups in total. The van der Waals surface area contributed by atoms with Crippen molar-refractivity contribution in [3.8, 4) is 10.6 Å². The number of rotatable bonds is 5. The van der Waals surface area contributed by atoms with E-state index in [2.05, 4.69) is 5.32 Å². The van der Waals surface area contributed by atoms with Gasteiger partial charge in [-0.25, -0.2) is 0 Å². The first-order chi connectivity index (χ1) is 16.4. The zero-order chi connectivity index (χ0) is 23.9. The van der Waals surface area contributed by atoms with Crippen LogP contribution >= 0.6 is 11.3 Å².